The number of carbonyl (C=O) groups is 6. The first kappa shape index (κ1) is 65.8. The van der Waals surface area contributed by atoms with Crippen LogP contribution in [-0.4, -0.2) is 99.4 Å². The van der Waals surface area contributed by atoms with Crippen LogP contribution < -0.4 is 5.32 Å². The molecule has 69 heavy (non-hydrogen) atoms. The number of ether oxygens (including phenoxy) is 5. The second kappa shape index (κ2) is 47.1. The average Bonchev–Trinajstić information content (AvgIpc) is 3.34. The normalized spacial score (nSPS) is 13.0. The number of rotatable bonds is 49. The highest BCUT2D eigenvalue weighted by Crippen LogP contribution is 2.22. The SMILES string of the molecule is CCCCCCCCCNC(=O)C(OC(=O)CCCN(CC)CC)C(COC(=O)CCCCOC(=O)C(CCCC)CCCCCC)COC(=O)CCCCOC(=O)C(CCCC)CCCCCC. The van der Waals surface area contributed by atoms with Gasteiger partial charge in [0.1, 0.15) is 13.2 Å². The topological polar surface area (TPSA) is 164 Å². The molecule has 13 heteroatoms. The fourth-order valence-corrected chi connectivity index (χ4v) is 8.33. The molecule has 0 aromatic carbocycles. The molecule has 404 valence electrons. The summed E-state index contributed by atoms with van der Waals surface area (Å²) in [5.41, 5.74) is 0. The maximum atomic E-state index is 13.9. The van der Waals surface area contributed by atoms with Crippen molar-refractivity contribution in [3.8, 4) is 0 Å². The first-order chi connectivity index (χ1) is 33.5. The molecule has 0 aliphatic rings. The Morgan fingerprint density at radius 2 is 0.826 bits per heavy atom. The molecule has 0 heterocycles. The Kier molecular flexibility index (Phi) is 44.9. The largest absolute Gasteiger partial charge is 0.465 e. The number of carbonyl (C=O) groups excluding carboxylic acids is 6. The lowest BCUT2D eigenvalue weighted by Crippen LogP contribution is -2.46. The van der Waals surface area contributed by atoms with E-state index in [9.17, 15) is 28.8 Å². The van der Waals surface area contributed by atoms with Gasteiger partial charge in [-0.3, -0.25) is 28.8 Å². The van der Waals surface area contributed by atoms with Crippen LogP contribution in [0.3, 0.4) is 0 Å². The molecule has 0 aliphatic heterocycles. The van der Waals surface area contributed by atoms with E-state index in [1.165, 1.54) is 19.3 Å². The zero-order valence-electron chi connectivity index (χ0n) is 45.3. The van der Waals surface area contributed by atoms with Gasteiger partial charge in [-0.25, -0.2) is 0 Å². The summed E-state index contributed by atoms with van der Waals surface area (Å²) in [6, 6.07) is 0. The molecule has 0 radical (unpaired) electrons. The highest BCUT2D eigenvalue weighted by molar-refractivity contribution is 5.84. The molecule has 0 aromatic rings. The van der Waals surface area contributed by atoms with Crippen molar-refractivity contribution in [2.24, 2.45) is 17.8 Å². The fourth-order valence-electron chi connectivity index (χ4n) is 8.33. The van der Waals surface area contributed by atoms with E-state index >= 15 is 0 Å². The van der Waals surface area contributed by atoms with Crippen LogP contribution in [0.1, 0.15) is 248 Å². The molecule has 0 saturated heterocycles. The van der Waals surface area contributed by atoms with E-state index in [1.807, 2.05) is 0 Å². The minimum absolute atomic E-state index is 0.0589. The smallest absolute Gasteiger partial charge is 0.308 e. The van der Waals surface area contributed by atoms with Crippen LogP contribution in [0.25, 0.3) is 0 Å². The molecule has 0 saturated carbocycles. The average molecular weight is 981 g/mol. The minimum atomic E-state index is -1.36. The van der Waals surface area contributed by atoms with Crippen LogP contribution in [0.2, 0.25) is 0 Å². The summed E-state index contributed by atoms with van der Waals surface area (Å²) in [6.45, 7) is 17.5. The predicted molar refractivity (Wildman–Crippen MR) is 276 cm³/mol. The number of amides is 1. The zero-order chi connectivity index (χ0) is 51.2. The number of nitrogens with one attached hydrogen (secondary N) is 1. The molecule has 0 fully saturated rings. The van der Waals surface area contributed by atoms with Crippen molar-refractivity contribution in [3.63, 3.8) is 0 Å². The Hall–Kier alpha value is -3.22. The van der Waals surface area contributed by atoms with Crippen molar-refractivity contribution >= 4 is 35.8 Å². The summed E-state index contributed by atoms with van der Waals surface area (Å²) in [7, 11) is 0. The maximum absolute atomic E-state index is 13.9. The van der Waals surface area contributed by atoms with Crippen LogP contribution in [-0.2, 0) is 52.5 Å². The van der Waals surface area contributed by atoms with E-state index in [2.05, 4.69) is 58.7 Å². The molecule has 0 aliphatic carbocycles. The number of hydrogen-bond donors (Lipinski definition) is 1. The lowest BCUT2D eigenvalue weighted by Gasteiger charge is -2.26. The molecule has 1 N–H and O–H groups in total. The van der Waals surface area contributed by atoms with E-state index in [-0.39, 0.29) is 69.5 Å². The molecule has 3 atom stereocenters. The molecule has 0 spiro atoms. The van der Waals surface area contributed by atoms with Crippen molar-refractivity contribution in [3.05, 3.63) is 0 Å². The van der Waals surface area contributed by atoms with Gasteiger partial charge in [0.2, 0.25) is 0 Å². The first-order valence-corrected chi connectivity index (χ1v) is 28.3. The lowest BCUT2D eigenvalue weighted by atomic mass is 9.95. The van der Waals surface area contributed by atoms with Crippen LogP contribution in [0, 0.1) is 17.8 Å². The van der Waals surface area contributed by atoms with Gasteiger partial charge < -0.3 is 33.9 Å². The third kappa shape index (κ3) is 37.3. The third-order valence-electron chi connectivity index (χ3n) is 13.0. The summed E-state index contributed by atoms with van der Waals surface area (Å²) in [4.78, 5) is 81.5. The van der Waals surface area contributed by atoms with Gasteiger partial charge in [-0.1, -0.05) is 164 Å². The standard InChI is InChI=1S/C56H104N2O11/c1-8-15-20-23-24-25-30-41-57-54(62)53(69-52(61)40-33-42-58(13-6)14-7)49(45-67-50(59)38-28-31-43-65-55(63)47(34-18-11-4)36-26-21-16-9-2)46-68-51(60)39-29-32-44-66-56(64)48(35-19-12-5)37-27-22-17-10-3/h47-49,53H,8-46H2,1-7H3,(H,57,62). The van der Waals surface area contributed by atoms with Crippen LogP contribution in [0.4, 0.5) is 0 Å². The van der Waals surface area contributed by atoms with Crippen molar-refractivity contribution < 1.29 is 52.5 Å². The highest BCUT2D eigenvalue weighted by atomic mass is 16.6. The van der Waals surface area contributed by atoms with Gasteiger partial charge in [0, 0.05) is 25.8 Å². The van der Waals surface area contributed by atoms with Gasteiger partial charge in [-0.05, 0) is 83.8 Å². The number of esters is 5. The molecule has 3 unspecified atom stereocenters. The summed E-state index contributed by atoms with van der Waals surface area (Å²) in [5.74, 6) is -3.61. The van der Waals surface area contributed by atoms with Crippen LogP contribution >= 0.6 is 0 Å². The molecule has 0 bridgehead atoms. The van der Waals surface area contributed by atoms with Gasteiger partial charge in [0.15, 0.2) is 6.10 Å². The summed E-state index contributed by atoms with van der Waals surface area (Å²) in [6.07, 6.45) is 24.9. The van der Waals surface area contributed by atoms with Gasteiger partial charge in [0.25, 0.3) is 5.91 Å². The van der Waals surface area contributed by atoms with E-state index in [0.717, 1.165) is 142 Å². The minimum Gasteiger partial charge on any atom is -0.465 e. The highest BCUT2D eigenvalue weighted by Gasteiger charge is 2.34. The molecule has 13 nitrogen and oxygen atoms in total. The Balaban J connectivity index is 5.76. The van der Waals surface area contributed by atoms with Crippen molar-refractivity contribution in [1.29, 1.82) is 0 Å². The number of hydrogen-bond acceptors (Lipinski definition) is 12. The fraction of sp³-hybridized carbons (Fsp3) is 0.893. The van der Waals surface area contributed by atoms with Crippen molar-refractivity contribution in [1.82, 2.24) is 10.2 Å². The number of unbranched alkanes of at least 4 members (excludes halogenated alkanes) is 16. The lowest BCUT2D eigenvalue weighted by molar-refractivity contribution is -0.167. The second-order valence-electron chi connectivity index (χ2n) is 19.2. The molecular weight excluding hydrogens is 877 g/mol. The van der Waals surface area contributed by atoms with Crippen molar-refractivity contribution in [2.45, 2.75) is 254 Å². The first-order valence-electron chi connectivity index (χ1n) is 28.3. The number of nitrogens with zero attached hydrogens (tertiary/aromatic N) is 1. The zero-order valence-corrected chi connectivity index (χ0v) is 45.3. The third-order valence-corrected chi connectivity index (χ3v) is 13.0. The second-order valence-corrected chi connectivity index (χ2v) is 19.2. The van der Waals surface area contributed by atoms with Crippen molar-refractivity contribution in [2.75, 3.05) is 52.6 Å². The monoisotopic (exact) mass is 981 g/mol. The van der Waals surface area contributed by atoms with Crippen LogP contribution in [0.15, 0.2) is 0 Å². The maximum Gasteiger partial charge on any atom is 0.308 e. The molecule has 0 rings (SSSR count). The van der Waals surface area contributed by atoms with E-state index in [4.69, 9.17) is 23.7 Å². The van der Waals surface area contributed by atoms with E-state index in [0.29, 0.717) is 45.2 Å². The summed E-state index contributed by atoms with van der Waals surface area (Å²) < 4.78 is 28.6. The van der Waals surface area contributed by atoms with Gasteiger partial charge in [0.05, 0.1) is 31.0 Å². The van der Waals surface area contributed by atoms with E-state index in [1.54, 1.807) is 0 Å². The van der Waals surface area contributed by atoms with E-state index < -0.39 is 35.8 Å². The van der Waals surface area contributed by atoms with Crippen LogP contribution in [0.5, 0.6) is 0 Å². The molecule has 0 aromatic heterocycles. The molecule has 1 amide bonds. The Morgan fingerprint density at radius 3 is 1.28 bits per heavy atom. The van der Waals surface area contributed by atoms with Gasteiger partial charge >= 0.3 is 29.8 Å². The predicted octanol–water partition coefficient (Wildman–Crippen LogP) is 12.6. The quantitative estimate of drug-likeness (QED) is 0.0349. The summed E-state index contributed by atoms with van der Waals surface area (Å²) >= 11 is 0. The Bertz CT molecular complexity index is 1230. The Labute approximate surface area is 421 Å². The van der Waals surface area contributed by atoms with Gasteiger partial charge in [-0.2, -0.15) is 0 Å². The van der Waals surface area contributed by atoms with Gasteiger partial charge in [-0.15, -0.1) is 0 Å². The Morgan fingerprint density at radius 1 is 0.420 bits per heavy atom. The molecular formula is C56H104N2O11. The summed E-state index contributed by atoms with van der Waals surface area (Å²) in [5, 5.41) is 2.94.